The number of aryl methyl sites for hydroxylation is 1. The maximum atomic E-state index is 13.2. The molecule has 3 rings (SSSR count). The highest BCUT2D eigenvalue weighted by atomic mass is 79.9. The van der Waals surface area contributed by atoms with Gasteiger partial charge < -0.3 is 5.32 Å². The van der Waals surface area contributed by atoms with Crippen LogP contribution in [0, 0.1) is 6.92 Å². The molecule has 1 atom stereocenters. The number of pyridine rings is 1. The van der Waals surface area contributed by atoms with Crippen LogP contribution in [0.2, 0.25) is 0 Å². The average Bonchev–Trinajstić information content (AvgIpc) is 2.58. The van der Waals surface area contributed by atoms with Gasteiger partial charge in [0, 0.05) is 36.5 Å². The van der Waals surface area contributed by atoms with Crippen LogP contribution in [-0.4, -0.2) is 37.3 Å². The molecule has 24 heavy (non-hydrogen) atoms. The number of benzene rings is 1. The second-order valence-electron chi connectivity index (χ2n) is 5.53. The predicted octanol–water partition coefficient (Wildman–Crippen LogP) is 2.91. The maximum absolute atomic E-state index is 13.2. The van der Waals surface area contributed by atoms with Gasteiger partial charge >= 0.3 is 0 Å². The maximum Gasteiger partial charge on any atom is 0.244 e. The summed E-state index contributed by atoms with van der Waals surface area (Å²) in [6, 6.07) is 8.84. The lowest BCUT2D eigenvalue weighted by molar-refractivity contribution is 0.271. The number of piperazine rings is 1. The molecule has 1 aliphatic rings. The standard InChI is InChI=1S/C16H18BrN3O2S.ClH/c1-12-4-5-14(17)9-16(12)23(21,22)20-8-7-19-11-15(20)13-3-2-6-18-10-13;/h2-6,9-10,15,19H,7-8,11H2,1H3;1H. The van der Waals surface area contributed by atoms with Gasteiger partial charge in [0.2, 0.25) is 10.0 Å². The van der Waals surface area contributed by atoms with Gasteiger partial charge in [0.05, 0.1) is 10.9 Å². The van der Waals surface area contributed by atoms with Crippen molar-refractivity contribution >= 4 is 38.4 Å². The highest BCUT2D eigenvalue weighted by molar-refractivity contribution is 9.10. The van der Waals surface area contributed by atoms with E-state index in [9.17, 15) is 8.42 Å². The Hall–Kier alpha value is -0.990. The minimum Gasteiger partial charge on any atom is -0.313 e. The Bertz CT molecular complexity index is 802. The second kappa shape index (κ2) is 7.93. The number of rotatable bonds is 3. The SMILES string of the molecule is Cc1ccc(Br)cc1S(=O)(=O)N1CCNCC1c1cccnc1.Cl. The number of halogens is 2. The van der Waals surface area contributed by atoms with Crippen molar-refractivity contribution in [1.29, 1.82) is 0 Å². The van der Waals surface area contributed by atoms with Crippen molar-refractivity contribution in [2.45, 2.75) is 17.9 Å². The van der Waals surface area contributed by atoms with Crippen LogP contribution in [0.5, 0.6) is 0 Å². The molecule has 2 heterocycles. The lowest BCUT2D eigenvalue weighted by atomic mass is 10.1. The molecule has 0 bridgehead atoms. The molecule has 0 amide bonds. The van der Waals surface area contributed by atoms with E-state index in [1.165, 1.54) is 0 Å². The molecule has 0 radical (unpaired) electrons. The molecule has 1 N–H and O–H groups in total. The monoisotopic (exact) mass is 431 g/mol. The molecule has 1 saturated heterocycles. The molecule has 0 saturated carbocycles. The molecule has 8 heteroatoms. The van der Waals surface area contributed by atoms with Gasteiger partial charge in [-0.25, -0.2) is 8.42 Å². The third kappa shape index (κ3) is 3.81. The third-order valence-corrected chi connectivity index (χ3v) is 6.54. The zero-order valence-electron chi connectivity index (χ0n) is 13.1. The van der Waals surface area contributed by atoms with E-state index in [4.69, 9.17) is 0 Å². The largest absolute Gasteiger partial charge is 0.313 e. The molecule has 1 aliphatic heterocycles. The summed E-state index contributed by atoms with van der Waals surface area (Å²) in [4.78, 5) is 4.47. The first-order valence-corrected chi connectivity index (χ1v) is 9.62. The lowest BCUT2D eigenvalue weighted by Crippen LogP contribution is -2.48. The molecule has 0 aliphatic carbocycles. The zero-order chi connectivity index (χ0) is 16.4. The van der Waals surface area contributed by atoms with Crippen LogP contribution in [0.4, 0.5) is 0 Å². The zero-order valence-corrected chi connectivity index (χ0v) is 16.4. The van der Waals surface area contributed by atoms with Crippen molar-refractivity contribution in [3.63, 3.8) is 0 Å². The number of nitrogens with one attached hydrogen (secondary N) is 1. The first kappa shape index (κ1) is 19.3. The van der Waals surface area contributed by atoms with E-state index in [2.05, 4.69) is 26.2 Å². The van der Waals surface area contributed by atoms with Crippen molar-refractivity contribution < 1.29 is 8.42 Å². The molecule has 130 valence electrons. The van der Waals surface area contributed by atoms with Gasteiger partial charge in [-0.1, -0.05) is 28.1 Å². The van der Waals surface area contributed by atoms with Gasteiger partial charge in [0.15, 0.2) is 0 Å². The van der Waals surface area contributed by atoms with Crippen LogP contribution in [0.3, 0.4) is 0 Å². The van der Waals surface area contributed by atoms with Crippen LogP contribution in [0.25, 0.3) is 0 Å². The quantitative estimate of drug-likeness (QED) is 0.810. The van der Waals surface area contributed by atoms with E-state index < -0.39 is 10.0 Å². The van der Waals surface area contributed by atoms with Gasteiger partial charge in [-0.2, -0.15) is 4.31 Å². The second-order valence-corrected chi connectivity index (χ2v) is 8.31. The molecule has 1 unspecified atom stereocenters. The summed E-state index contributed by atoms with van der Waals surface area (Å²) in [7, 11) is -3.58. The molecule has 0 spiro atoms. The Balaban J connectivity index is 0.00000208. The van der Waals surface area contributed by atoms with Crippen LogP contribution >= 0.6 is 28.3 Å². The molecule has 1 aromatic carbocycles. The smallest absolute Gasteiger partial charge is 0.244 e. The van der Waals surface area contributed by atoms with E-state index in [0.29, 0.717) is 24.5 Å². The Morgan fingerprint density at radius 3 is 2.83 bits per heavy atom. The van der Waals surface area contributed by atoms with Gasteiger partial charge in [-0.15, -0.1) is 12.4 Å². The van der Waals surface area contributed by atoms with Crippen molar-refractivity contribution in [1.82, 2.24) is 14.6 Å². The number of aromatic nitrogens is 1. The fourth-order valence-electron chi connectivity index (χ4n) is 2.81. The summed E-state index contributed by atoms with van der Waals surface area (Å²) in [6.45, 7) is 3.48. The Labute approximate surface area is 157 Å². The van der Waals surface area contributed by atoms with E-state index in [1.807, 2.05) is 31.2 Å². The average molecular weight is 433 g/mol. The van der Waals surface area contributed by atoms with Crippen molar-refractivity contribution in [2.75, 3.05) is 19.6 Å². The van der Waals surface area contributed by atoms with E-state index in [-0.39, 0.29) is 18.4 Å². The minimum atomic E-state index is -3.58. The first-order chi connectivity index (χ1) is 11.0. The minimum absolute atomic E-state index is 0. The topological polar surface area (TPSA) is 62.3 Å². The Morgan fingerprint density at radius 1 is 1.33 bits per heavy atom. The van der Waals surface area contributed by atoms with Gasteiger partial charge in [0.1, 0.15) is 0 Å². The first-order valence-electron chi connectivity index (χ1n) is 7.39. The molecule has 5 nitrogen and oxygen atoms in total. The van der Waals surface area contributed by atoms with Crippen molar-refractivity contribution in [2.24, 2.45) is 0 Å². The summed E-state index contributed by atoms with van der Waals surface area (Å²) in [5.74, 6) is 0. The number of hydrogen-bond acceptors (Lipinski definition) is 4. The van der Waals surface area contributed by atoms with Gasteiger partial charge in [-0.3, -0.25) is 4.98 Å². The molecule has 2 aromatic rings. The molecule has 1 fully saturated rings. The van der Waals surface area contributed by atoms with Crippen LogP contribution in [0.1, 0.15) is 17.2 Å². The van der Waals surface area contributed by atoms with Gasteiger partial charge in [0.25, 0.3) is 0 Å². The molecular formula is C16H19BrClN3O2S. The summed E-state index contributed by atoms with van der Waals surface area (Å²) in [5.41, 5.74) is 1.65. The highest BCUT2D eigenvalue weighted by Crippen LogP contribution is 2.31. The van der Waals surface area contributed by atoms with E-state index in [1.54, 1.807) is 22.8 Å². The third-order valence-electron chi connectivity index (χ3n) is 4.00. The fourth-order valence-corrected chi connectivity index (χ4v) is 5.19. The number of nitrogens with zero attached hydrogens (tertiary/aromatic N) is 2. The summed E-state index contributed by atoms with van der Waals surface area (Å²) < 4.78 is 28.7. The lowest BCUT2D eigenvalue weighted by Gasteiger charge is -2.35. The van der Waals surface area contributed by atoms with E-state index in [0.717, 1.165) is 15.6 Å². The predicted molar refractivity (Wildman–Crippen MR) is 99.9 cm³/mol. The van der Waals surface area contributed by atoms with Gasteiger partial charge in [-0.05, 0) is 36.2 Å². The molecule has 1 aromatic heterocycles. The summed E-state index contributed by atoms with van der Waals surface area (Å²) >= 11 is 3.37. The van der Waals surface area contributed by atoms with Crippen molar-refractivity contribution in [3.05, 3.63) is 58.3 Å². The summed E-state index contributed by atoms with van der Waals surface area (Å²) in [6.07, 6.45) is 3.42. The number of sulfonamides is 1. The van der Waals surface area contributed by atoms with E-state index >= 15 is 0 Å². The van der Waals surface area contributed by atoms with Crippen LogP contribution in [0.15, 0.2) is 52.1 Å². The normalized spacial score (nSPS) is 18.8. The summed E-state index contributed by atoms with van der Waals surface area (Å²) in [5, 5.41) is 3.27. The number of hydrogen-bond donors (Lipinski definition) is 1. The Kier molecular flexibility index (Phi) is 6.39. The van der Waals surface area contributed by atoms with Crippen LogP contribution < -0.4 is 5.32 Å². The molecular weight excluding hydrogens is 414 g/mol. The highest BCUT2D eigenvalue weighted by Gasteiger charge is 2.35. The Morgan fingerprint density at radius 2 is 2.12 bits per heavy atom. The van der Waals surface area contributed by atoms with Crippen molar-refractivity contribution in [3.8, 4) is 0 Å². The van der Waals surface area contributed by atoms with Crippen LogP contribution in [-0.2, 0) is 10.0 Å². The fraction of sp³-hybridized carbons (Fsp3) is 0.312.